The molecule has 238 valence electrons. The first-order chi connectivity index (χ1) is 19.4. The summed E-state index contributed by atoms with van der Waals surface area (Å²) in [6, 6.07) is 0. The number of nitrogen functional groups attached to an aromatic ring is 1. The maximum atomic E-state index is 12.6. The second-order valence-corrected chi connectivity index (χ2v) is 16.3. The van der Waals surface area contributed by atoms with Gasteiger partial charge in [-0.3, -0.25) is 18.2 Å². The summed E-state index contributed by atoms with van der Waals surface area (Å²) >= 11 is 4.61. The van der Waals surface area contributed by atoms with Crippen molar-refractivity contribution in [3.05, 3.63) is 12.7 Å². The summed E-state index contributed by atoms with van der Waals surface area (Å²) in [7, 11) is -10.4. The summed E-state index contributed by atoms with van der Waals surface area (Å²) in [4.78, 5) is 42.3. The van der Waals surface area contributed by atoms with Gasteiger partial charge in [0.1, 0.15) is 54.6 Å². The van der Waals surface area contributed by atoms with Gasteiger partial charge in [0, 0.05) is 0 Å². The SMILES string of the molecule is Nc1ncnc2c1ncn2[C@@H]1O[C@H](COP(=O)(O)CP(=O)(O)OP(O)(=S)O[C@@H]2OC(CO)C(O)C(O)C2O)C(O)[C@@H]1O. The molecule has 11 N–H and O–H groups in total. The molecule has 0 saturated carbocycles. The van der Waals surface area contributed by atoms with E-state index in [4.69, 9.17) is 24.3 Å². The van der Waals surface area contributed by atoms with E-state index < -0.39 is 96.3 Å². The first-order valence-electron chi connectivity index (χ1n) is 11.7. The number of rotatable bonds is 11. The molecule has 4 rings (SSSR count). The normalized spacial score (nSPS) is 36.4. The van der Waals surface area contributed by atoms with Crippen molar-refractivity contribution in [2.24, 2.45) is 0 Å². The number of hydrogen-bond acceptors (Lipinski definition) is 18. The van der Waals surface area contributed by atoms with Gasteiger partial charge in [-0.15, -0.1) is 0 Å². The predicted molar refractivity (Wildman–Crippen MR) is 139 cm³/mol. The van der Waals surface area contributed by atoms with Crippen LogP contribution in [-0.2, 0) is 43.8 Å². The zero-order valence-corrected chi connectivity index (χ0v) is 24.5. The van der Waals surface area contributed by atoms with Gasteiger partial charge in [0.2, 0.25) is 0 Å². The Hall–Kier alpha value is -1.10. The van der Waals surface area contributed by atoms with E-state index in [0.717, 1.165) is 6.33 Å². The monoisotopic (exact) mass is 683 g/mol. The Morgan fingerprint density at radius 3 is 2.26 bits per heavy atom. The molecule has 0 amide bonds. The summed E-state index contributed by atoms with van der Waals surface area (Å²) in [6.45, 7) is -6.59. The molecule has 25 heteroatoms. The first kappa shape index (κ1) is 33.8. The van der Waals surface area contributed by atoms with Crippen molar-refractivity contribution in [2.45, 2.75) is 55.2 Å². The molecule has 0 aliphatic carbocycles. The highest BCUT2D eigenvalue weighted by atomic mass is 32.5. The van der Waals surface area contributed by atoms with Gasteiger partial charge in [0.25, 0.3) is 0 Å². The van der Waals surface area contributed by atoms with Crippen molar-refractivity contribution in [1.29, 1.82) is 0 Å². The lowest BCUT2D eigenvalue weighted by Gasteiger charge is -2.40. The highest BCUT2D eigenvalue weighted by Gasteiger charge is 2.49. The quantitative estimate of drug-likeness (QED) is 0.102. The van der Waals surface area contributed by atoms with Crippen LogP contribution in [0.5, 0.6) is 0 Å². The Morgan fingerprint density at radius 1 is 0.929 bits per heavy atom. The number of aromatic nitrogens is 4. The lowest BCUT2D eigenvalue weighted by molar-refractivity contribution is -0.278. The molecule has 2 saturated heterocycles. The summed E-state index contributed by atoms with van der Waals surface area (Å²) in [5, 5.41) is 59.7. The number of aliphatic hydroxyl groups excluding tert-OH is 6. The van der Waals surface area contributed by atoms with Crippen LogP contribution in [-0.4, -0.2) is 133 Å². The molecule has 2 aliphatic rings. The fourth-order valence-electron chi connectivity index (χ4n) is 4.10. The predicted octanol–water partition coefficient (Wildman–Crippen LogP) is -3.58. The van der Waals surface area contributed by atoms with E-state index in [0.29, 0.717) is 0 Å². The van der Waals surface area contributed by atoms with E-state index >= 15 is 0 Å². The van der Waals surface area contributed by atoms with Gasteiger partial charge in [0.05, 0.1) is 19.5 Å². The smallest absolute Gasteiger partial charge is 0.347 e. The molecule has 12 atom stereocenters. The Kier molecular flexibility index (Phi) is 10.2. The number of nitrogens with zero attached hydrogens (tertiary/aromatic N) is 4. The lowest BCUT2D eigenvalue weighted by atomic mass is 10.00. The summed E-state index contributed by atoms with van der Waals surface area (Å²) < 4.78 is 50.9. The van der Waals surface area contributed by atoms with Crippen LogP contribution >= 0.6 is 21.9 Å². The van der Waals surface area contributed by atoms with Crippen molar-refractivity contribution in [3.63, 3.8) is 0 Å². The topological polar surface area (TPSA) is 332 Å². The number of imidazole rings is 1. The van der Waals surface area contributed by atoms with Crippen LogP contribution in [0.1, 0.15) is 6.23 Å². The molecule has 2 aliphatic heterocycles. The number of nitrogens with two attached hydrogens (primary N) is 1. The van der Waals surface area contributed by atoms with Crippen molar-refractivity contribution < 1.29 is 77.3 Å². The van der Waals surface area contributed by atoms with Crippen LogP contribution in [0.2, 0.25) is 0 Å². The molecule has 8 unspecified atom stereocenters. The molecular weight excluding hydrogens is 655 g/mol. The van der Waals surface area contributed by atoms with Gasteiger partial charge in [-0.2, -0.15) is 0 Å². The number of aliphatic hydroxyl groups is 6. The fraction of sp³-hybridized carbons (Fsp3) is 0.706. The minimum Gasteiger partial charge on any atom is -0.394 e. The largest absolute Gasteiger partial charge is 0.394 e. The maximum absolute atomic E-state index is 12.6. The van der Waals surface area contributed by atoms with E-state index in [-0.39, 0.29) is 17.0 Å². The zero-order chi connectivity index (χ0) is 31.2. The molecular formula is C17H28N5O16P3S. The summed E-state index contributed by atoms with van der Waals surface area (Å²) in [5.41, 5.74) is 6.06. The molecule has 0 radical (unpaired) electrons. The highest BCUT2D eigenvalue weighted by molar-refractivity contribution is 8.08. The molecule has 21 nitrogen and oxygen atoms in total. The molecule has 2 fully saturated rings. The van der Waals surface area contributed by atoms with Crippen LogP contribution in [0, 0.1) is 0 Å². The Morgan fingerprint density at radius 2 is 1.60 bits per heavy atom. The Balaban J connectivity index is 1.36. The van der Waals surface area contributed by atoms with E-state index in [1.165, 1.54) is 10.9 Å². The Bertz CT molecular complexity index is 1420. The van der Waals surface area contributed by atoms with Crippen molar-refractivity contribution in [3.8, 4) is 0 Å². The third-order valence-electron chi connectivity index (χ3n) is 6.11. The number of fused-ring (bicyclic) bond motifs is 1. The number of ether oxygens (including phenoxy) is 2. The molecule has 0 bridgehead atoms. The third kappa shape index (κ3) is 7.40. The van der Waals surface area contributed by atoms with E-state index in [2.05, 4.69) is 31.1 Å². The third-order valence-corrected chi connectivity index (χ3v) is 12.7. The minimum absolute atomic E-state index is 0.0376. The second-order valence-electron chi connectivity index (χ2n) is 9.19. The second kappa shape index (κ2) is 12.7. The Labute approximate surface area is 240 Å². The van der Waals surface area contributed by atoms with Crippen molar-refractivity contribution in [2.75, 3.05) is 24.9 Å². The van der Waals surface area contributed by atoms with E-state index in [1.54, 1.807) is 0 Å². The zero-order valence-electron chi connectivity index (χ0n) is 21.0. The minimum atomic E-state index is -5.30. The standard InChI is InChI=1S/C17H28N5O16P3S/c18-14-8-15(20-3-19-14)22(4-21-8)16-12(27)10(25)7(35-16)2-34-39(29,30)5-40(31,32)38-41(33,42)37-17-13(28)11(26)9(24)6(1-23)36-17/h3-4,6-7,9-13,16-17,23-28H,1-2,5H2,(H,29,30)(H,31,32)(H,33,42)(H2,18,19,20)/t6?,7-,9?,10?,11?,12+,13?,16-,17+,41?/m1/s1. The van der Waals surface area contributed by atoms with Crippen molar-refractivity contribution >= 4 is 50.7 Å². The summed E-state index contributed by atoms with van der Waals surface area (Å²) in [5.74, 6) is -1.61. The molecule has 0 aromatic carbocycles. The van der Waals surface area contributed by atoms with E-state index in [9.17, 15) is 54.4 Å². The lowest BCUT2D eigenvalue weighted by Crippen LogP contribution is -2.58. The number of hydrogen-bond donors (Lipinski definition) is 10. The van der Waals surface area contributed by atoms with Crippen LogP contribution in [0.3, 0.4) is 0 Å². The average Bonchev–Trinajstić information content (AvgIpc) is 3.43. The van der Waals surface area contributed by atoms with Crippen LogP contribution < -0.4 is 5.73 Å². The van der Waals surface area contributed by atoms with Gasteiger partial charge < -0.3 is 65.1 Å². The first-order valence-corrected chi connectivity index (χ1v) is 17.8. The van der Waals surface area contributed by atoms with Crippen LogP contribution in [0.4, 0.5) is 5.82 Å². The molecule has 2 aromatic heterocycles. The molecule has 42 heavy (non-hydrogen) atoms. The van der Waals surface area contributed by atoms with Gasteiger partial charge in [-0.25, -0.2) is 19.3 Å². The fourth-order valence-corrected chi connectivity index (χ4v) is 10.4. The van der Waals surface area contributed by atoms with Gasteiger partial charge in [0.15, 0.2) is 29.9 Å². The van der Waals surface area contributed by atoms with E-state index in [1.807, 2.05) is 0 Å². The maximum Gasteiger partial charge on any atom is 0.347 e. The molecule has 4 heterocycles. The molecule has 0 spiro atoms. The number of anilines is 1. The van der Waals surface area contributed by atoms with Gasteiger partial charge in [-0.1, -0.05) is 0 Å². The highest BCUT2D eigenvalue weighted by Crippen LogP contribution is 2.67. The summed E-state index contributed by atoms with van der Waals surface area (Å²) in [6.07, 6.45) is -12.9. The van der Waals surface area contributed by atoms with Gasteiger partial charge in [-0.05, 0) is 11.8 Å². The van der Waals surface area contributed by atoms with Crippen LogP contribution in [0.15, 0.2) is 12.7 Å². The average molecular weight is 683 g/mol. The van der Waals surface area contributed by atoms with Crippen molar-refractivity contribution in [1.82, 2.24) is 19.5 Å². The molecule has 2 aromatic rings. The van der Waals surface area contributed by atoms with Gasteiger partial charge >= 0.3 is 21.9 Å². The van der Waals surface area contributed by atoms with Crippen LogP contribution in [0.25, 0.3) is 11.2 Å².